The Kier molecular flexibility index (Phi) is 5.68. The third-order valence-electron chi connectivity index (χ3n) is 5.19. The first kappa shape index (κ1) is 20.8. The molecular formula is C26H19NO5. The highest BCUT2D eigenvalue weighted by Crippen LogP contribution is 2.41. The molecule has 0 radical (unpaired) electrons. The normalized spacial score (nSPS) is 16.1. The average Bonchev–Trinajstić information content (AvgIpc) is 3.09. The van der Waals surface area contributed by atoms with Crippen LogP contribution in [-0.4, -0.2) is 27.9 Å². The van der Waals surface area contributed by atoms with Crippen molar-refractivity contribution in [2.24, 2.45) is 0 Å². The van der Waals surface area contributed by atoms with Crippen molar-refractivity contribution >= 4 is 29.4 Å². The fourth-order valence-corrected chi connectivity index (χ4v) is 3.69. The number of allylic oxidation sites excluding steroid dienone is 1. The van der Waals surface area contributed by atoms with Crippen LogP contribution >= 0.6 is 0 Å². The Bertz CT molecular complexity index is 1250. The number of carboxylic acid groups (broad SMARTS) is 1. The minimum atomic E-state index is -1.14. The van der Waals surface area contributed by atoms with Gasteiger partial charge in [0.05, 0.1) is 17.2 Å². The number of carboxylic acids is 1. The molecule has 6 nitrogen and oxygen atoms in total. The molecule has 0 saturated carbocycles. The van der Waals surface area contributed by atoms with Gasteiger partial charge >= 0.3 is 5.97 Å². The minimum absolute atomic E-state index is 0.00893. The molecule has 0 fully saturated rings. The van der Waals surface area contributed by atoms with Crippen molar-refractivity contribution in [2.75, 3.05) is 4.90 Å². The highest BCUT2D eigenvalue weighted by Gasteiger charge is 2.43. The highest BCUT2D eigenvalue weighted by atomic mass is 16.4. The van der Waals surface area contributed by atoms with Crippen molar-refractivity contribution < 1.29 is 24.6 Å². The first-order chi connectivity index (χ1) is 15.5. The van der Waals surface area contributed by atoms with Crippen LogP contribution in [0.1, 0.15) is 27.5 Å². The van der Waals surface area contributed by atoms with Crippen molar-refractivity contribution in [1.29, 1.82) is 0 Å². The second-order valence-corrected chi connectivity index (χ2v) is 7.21. The summed E-state index contributed by atoms with van der Waals surface area (Å²) in [4.78, 5) is 38.9. The van der Waals surface area contributed by atoms with E-state index in [-0.39, 0.29) is 16.8 Å². The lowest BCUT2D eigenvalue weighted by atomic mass is 9.95. The Labute approximate surface area is 184 Å². The van der Waals surface area contributed by atoms with Crippen molar-refractivity contribution in [2.45, 2.75) is 6.04 Å². The molecule has 3 aromatic rings. The predicted octanol–water partition coefficient (Wildman–Crippen LogP) is 4.57. The molecule has 158 valence electrons. The molecule has 3 aromatic carbocycles. The molecule has 1 aliphatic rings. The smallest absolute Gasteiger partial charge is 0.335 e. The number of carbonyl (C=O) groups excluding carboxylic acids is 2. The van der Waals surface area contributed by atoms with Gasteiger partial charge in [-0.25, -0.2) is 4.79 Å². The van der Waals surface area contributed by atoms with Gasteiger partial charge in [-0.3, -0.25) is 14.5 Å². The zero-order valence-electron chi connectivity index (χ0n) is 16.9. The molecule has 2 N–H and O–H groups in total. The van der Waals surface area contributed by atoms with Crippen LogP contribution < -0.4 is 4.90 Å². The Hall–Kier alpha value is -4.45. The van der Waals surface area contributed by atoms with E-state index in [1.807, 2.05) is 30.3 Å². The summed E-state index contributed by atoms with van der Waals surface area (Å²) in [7, 11) is 0. The molecule has 4 rings (SSSR count). The van der Waals surface area contributed by atoms with Gasteiger partial charge in [-0.1, -0.05) is 72.8 Å². The fourth-order valence-electron chi connectivity index (χ4n) is 3.69. The van der Waals surface area contributed by atoms with Gasteiger partial charge in [-0.15, -0.1) is 0 Å². The number of aromatic carboxylic acids is 1. The van der Waals surface area contributed by atoms with E-state index in [2.05, 4.69) is 0 Å². The molecule has 0 bridgehead atoms. The lowest BCUT2D eigenvalue weighted by molar-refractivity contribution is -0.117. The van der Waals surface area contributed by atoms with Crippen LogP contribution in [0.3, 0.4) is 0 Å². The topological polar surface area (TPSA) is 94.9 Å². The first-order valence-corrected chi connectivity index (χ1v) is 9.90. The minimum Gasteiger partial charge on any atom is -0.503 e. The average molecular weight is 425 g/mol. The molecule has 1 amide bonds. The number of benzene rings is 3. The van der Waals surface area contributed by atoms with Gasteiger partial charge < -0.3 is 10.2 Å². The maximum atomic E-state index is 13.1. The Morgan fingerprint density at radius 3 is 2.19 bits per heavy atom. The van der Waals surface area contributed by atoms with Crippen LogP contribution in [0.4, 0.5) is 5.69 Å². The van der Waals surface area contributed by atoms with Crippen molar-refractivity contribution in [1.82, 2.24) is 0 Å². The fraction of sp³-hybridized carbons (Fsp3) is 0.0385. The maximum Gasteiger partial charge on any atom is 0.335 e. The maximum absolute atomic E-state index is 13.1. The lowest BCUT2D eigenvalue weighted by Crippen LogP contribution is -2.31. The SMILES string of the molecule is O=C(/C=C/c1ccccc1)C1=C(O)C(=O)N(c2cccc(C(=O)O)c2)C1c1ccccc1. The number of carbonyl (C=O) groups is 3. The molecule has 32 heavy (non-hydrogen) atoms. The van der Waals surface area contributed by atoms with Gasteiger partial charge in [0.25, 0.3) is 5.91 Å². The van der Waals surface area contributed by atoms with Gasteiger partial charge in [0.15, 0.2) is 11.5 Å². The highest BCUT2D eigenvalue weighted by molar-refractivity contribution is 6.20. The molecule has 1 aliphatic heterocycles. The van der Waals surface area contributed by atoms with Crippen LogP contribution in [-0.2, 0) is 9.59 Å². The van der Waals surface area contributed by atoms with Gasteiger partial charge in [0.1, 0.15) is 0 Å². The van der Waals surface area contributed by atoms with E-state index in [1.165, 1.54) is 29.2 Å². The standard InChI is InChI=1S/C26H19NO5/c28-21(15-14-17-8-3-1-4-9-17)22-23(18-10-5-2-6-11-18)27(25(30)24(22)29)20-13-7-12-19(16-20)26(31)32/h1-16,23,29H,(H,31,32)/b15-14+. The van der Waals surface area contributed by atoms with Crippen LogP contribution in [0.5, 0.6) is 0 Å². The van der Waals surface area contributed by atoms with E-state index in [0.29, 0.717) is 5.56 Å². The summed E-state index contributed by atoms with van der Waals surface area (Å²) in [5.74, 6) is -3.07. The Morgan fingerprint density at radius 2 is 1.53 bits per heavy atom. The summed E-state index contributed by atoms with van der Waals surface area (Å²) in [5.41, 5.74) is 1.61. The zero-order valence-corrected chi connectivity index (χ0v) is 16.9. The summed E-state index contributed by atoms with van der Waals surface area (Å²) in [6.07, 6.45) is 2.93. The molecule has 6 heteroatoms. The molecule has 1 atom stereocenters. The molecule has 0 aliphatic carbocycles. The number of hydrogen-bond acceptors (Lipinski definition) is 4. The van der Waals surface area contributed by atoms with Gasteiger partial charge in [0.2, 0.25) is 0 Å². The summed E-state index contributed by atoms with van der Waals surface area (Å²) in [5, 5.41) is 20.0. The Balaban J connectivity index is 1.79. The number of aliphatic hydroxyl groups is 1. The first-order valence-electron chi connectivity index (χ1n) is 9.90. The third kappa shape index (κ3) is 3.94. The number of ketones is 1. The molecule has 0 saturated heterocycles. The largest absolute Gasteiger partial charge is 0.503 e. The van der Waals surface area contributed by atoms with Crippen LogP contribution in [0.15, 0.2) is 102 Å². The summed E-state index contributed by atoms with van der Waals surface area (Å²) in [6, 6.07) is 23.0. The molecular weight excluding hydrogens is 406 g/mol. The number of nitrogens with zero attached hydrogens (tertiary/aromatic N) is 1. The van der Waals surface area contributed by atoms with Crippen LogP contribution in [0.2, 0.25) is 0 Å². The summed E-state index contributed by atoms with van der Waals surface area (Å²) < 4.78 is 0. The van der Waals surface area contributed by atoms with Crippen LogP contribution in [0, 0.1) is 0 Å². The van der Waals surface area contributed by atoms with Gasteiger partial charge in [-0.2, -0.15) is 0 Å². The van der Waals surface area contributed by atoms with E-state index in [0.717, 1.165) is 5.56 Å². The monoisotopic (exact) mass is 425 g/mol. The molecule has 0 spiro atoms. The van der Waals surface area contributed by atoms with Gasteiger partial charge in [-0.05, 0) is 35.4 Å². The number of rotatable bonds is 6. The second-order valence-electron chi connectivity index (χ2n) is 7.21. The molecule has 0 aromatic heterocycles. The quantitative estimate of drug-likeness (QED) is 0.564. The summed E-state index contributed by atoms with van der Waals surface area (Å²) in [6.45, 7) is 0. The van der Waals surface area contributed by atoms with E-state index < -0.39 is 29.5 Å². The third-order valence-corrected chi connectivity index (χ3v) is 5.19. The lowest BCUT2D eigenvalue weighted by Gasteiger charge is -2.27. The van der Waals surface area contributed by atoms with E-state index in [9.17, 15) is 24.6 Å². The van der Waals surface area contributed by atoms with Gasteiger partial charge in [0, 0.05) is 5.69 Å². The van der Waals surface area contributed by atoms with E-state index in [1.54, 1.807) is 42.5 Å². The van der Waals surface area contributed by atoms with E-state index in [4.69, 9.17) is 0 Å². The number of amides is 1. The molecule has 1 heterocycles. The van der Waals surface area contributed by atoms with Crippen molar-refractivity contribution in [3.63, 3.8) is 0 Å². The zero-order chi connectivity index (χ0) is 22.7. The predicted molar refractivity (Wildman–Crippen MR) is 120 cm³/mol. The van der Waals surface area contributed by atoms with Crippen molar-refractivity contribution in [3.05, 3.63) is 119 Å². The van der Waals surface area contributed by atoms with E-state index >= 15 is 0 Å². The number of aliphatic hydroxyl groups excluding tert-OH is 1. The second kappa shape index (κ2) is 8.73. The van der Waals surface area contributed by atoms with Crippen molar-refractivity contribution in [3.8, 4) is 0 Å². The Morgan fingerprint density at radius 1 is 0.875 bits per heavy atom. The van der Waals surface area contributed by atoms with Crippen LogP contribution in [0.25, 0.3) is 6.08 Å². The number of hydrogen-bond donors (Lipinski definition) is 2. The number of anilines is 1. The summed E-state index contributed by atoms with van der Waals surface area (Å²) >= 11 is 0. The molecule has 1 unspecified atom stereocenters.